The molecular formula is C15H15NSe. The molecule has 0 atom stereocenters. The van der Waals surface area contributed by atoms with Crippen molar-refractivity contribution < 1.29 is 0 Å². The first-order valence-electron chi connectivity index (χ1n) is 5.79. The minimum atomic E-state index is 0.438. The predicted molar refractivity (Wildman–Crippen MR) is 75.4 cm³/mol. The minimum absolute atomic E-state index is 0.438. The van der Waals surface area contributed by atoms with Crippen LogP contribution in [-0.2, 0) is 0 Å². The van der Waals surface area contributed by atoms with Gasteiger partial charge >= 0.3 is 109 Å². The van der Waals surface area contributed by atoms with Gasteiger partial charge in [0.2, 0.25) is 0 Å². The summed E-state index contributed by atoms with van der Waals surface area (Å²) in [4.78, 5) is 2.33. The third-order valence-electron chi connectivity index (χ3n) is 3.31. The van der Waals surface area contributed by atoms with Gasteiger partial charge in [-0.2, -0.15) is 0 Å². The van der Waals surface area contributed by atoms with Gasteiger partial charge in [0.25, 0.3) is 0 Å². The number of aryl methyl sites for hydroxylation is 2. The molecule has 86 valence electrons. The van der Waals surface area contributed by atoms with Crippen LogP contribution in [0.15, 0.2) is 36.4 Å². The monoisotopic (exact) mass is 289 g/mol. The molecule has 0 amide bonds. The van der Waals surface area contributed by atoms with E-state index in [1.807, 2.05) is 0 Å². The first-order chi connectivity index (χ1) is 8.18. The van der Waals surface area contributed by atoms with Crippen molar-refractivity contribution in [2.45, 2.75) is 13.8 Å². The number of anilines is 2. The van der Waals surface area contributed by atoms with Crippen LogP contribution in [0.5, 0.6) is 0 Å². The molecule has 0 aromatic heterocycles. The van der Waals surface area contributed by atoms with Crippen molar-refractivity contribution in [3.8, 4) is 0 Å². The molecule has 0 N–H and O–H groups in total. The molecule has 0 saturated carbocycles. The van der Waals surface area contributed by atoms with Gasteiger partial charge in [0.1, 0.15) is 0 Å². The topological polar surface area (TPSA) is 3.24 Å². The Morgan fingerprint density at radius 2 is 1.29 bits per heavy atom. The van der Waals surface area contributed by atoms with E-state index in [2.05, 4.69) is 62.2 Å². The van der Waals surface area contributed by atoms with Crippen LogP contribution in [0, 0.1) is 13.8 Å². The third-order valence-corrected chi connectivity index (χ3v) is 6.39. The zero-order chi connectivity index (χ0) is 12.0. The first-order valence-corrected chi connectivity index (χ1v) is 7.50. The number of hydrogen-bond acceptors (Lipinski definition) is 1. The Kier molecular flexibility index (Phi) is 2.50. The summed E-state index contributed by atoms with van der Waals surface area (Å²) in [6.45, 7) is 4.44. The molecular weight excluding hydrogens is 273 g/mol. The molecule has 2 aromatic rings. The first kappa shape index (κ1) is 10.9. The summed E-state index contributed by atoms with van der Waals surface area (Å²) >= 11 is 0.438. The molecule has 0 bridgehead atoms. The summed E-state index contributed by atoms with van der Waals surface area (Å²) in [6.07, 6.45) is 0. The number of rotatable bonds is 0. The molecule has 0 saturated heterocycles. The Morgan fingerprint density at radius 3 is 1.76 bits per heavy atom. The van der Waals surface area contributed by atoms with Crippen LogP contribution in [0.1, 0.15) is 11.1 Å². The van der Waals surface area contributed by atoms with E-state index in [9.17, 15) is 0 Å². The Balaban J connectivity index is 2.25. The second-order valence-corrected chi connectivity index (χ2v) is 6.65. The van der Waals surface area contributed by atoms with E-state index < -0.39 is 0 Å². The van der Waals surface area contributed by atoms with Gasteiger partial charge < -0.3 is 0 Å². The van der Waals surface area contributed by atoms with Crippen LogP contribution in [0.4, 0.5) is 11.4 Å². The van der Waals surface area contributed by atoms with Crippen molar-refractivity contribution in [3.05, 3.63) is 47.5 Å². The second kappa shape index (κ2) is 3.90. The van der Waals surface area contributed by atoms with Gasteiger partial charge in [-0.15, -0.1) is 0 Å². The molecule has 2 heteroatoms. The molecule has 1 aliphatic rings. The van der Waals surface area contributed by atoms with E-state index in [4.69, 9.17) is 0 Å². The van der Waals surface area contributed by atoms with E-state index in [-0.39, 0.29) is 0 Å². The summed E-state index contributed by atoms with van der Waals surface area (Å²) in [5, 5.41) is 0. The fraction of sp³-hybridized carbons (Fsp3) is 0.200. The van der Waals surface area contributed by atoms with Crippen molar-refractivity contribution in [3.63, 3.8) is 0 Å². The summed E-state index contributed by atoms with van der Waals surface area (Å²) in [5.41, 5.74) is 5.60. The Hall–Kier alpha value is -1.24. The molecule has 17 heavy (non-hydrogen) atoms. The average molecular weight is 288 g/mol. The van der Waals surface area contributed by atoms with Crippen molar-refractivity contribution >= 4 is 35.3 Å². The van der Waals surface area contributed by atoms with Crippen molar-refractivity contribution in [1.82, 2.24) is 0 Å². The fourth-order valence-corrected chi connectivity index (χ4v) is 4.99. The molecule has 3 rings (SSSR count). The van der Waals surface area contributed by atoms with Crippen molar-refractivity contribution in [2.24, 2.45) is 0 Å². The molecule has 0 spiro atoms. The molecule has 0 radical (unpaired) electrons. The van der Waals surface area contributed by atoms with Gasteiger partial charge in [-0.25, -0.2) is 0 Å². The van der Waals surface area contributed by atoms with Gasteiger partial charge in [0.05, 0.1) is 0 Å². The Labute approximate surface area is 109 Å². The second-order valence-electron chi connectivity index (χ2n) is 4.51. The summed E-state index contributed by atoms with van der Waals surface area (Å²) in [5.74, 6) is 0. The van der Waals surface area contributed by atoms with Gasteiger partial charge in [-0.3, -0.25) is 0 Å². The maximum absolute atomic E-state index is 2.33. The quantitative estimate of drug-likeness (QED) is 0.671. The molecule has 2 aromatic carbocycles. The van der Waals surface area contributed by atoms with E-state index >= 15 is 0 Å². The zero-order valence-corrected chi connectivity index (χ0v) is 12.0. The maximum atomic E-state index is 2.33. The zero-order valence-electron chi connectivity index (χ0n) is 10.3. The van der Waals surface area contributed by atoms with E-state index in [0.29, 0.717) is 15.0 Å². The Morgan fingerprint density at radius 1 is 0.824 bits per heavy atom. The number of benzene rings is 2. The average Bonchev–Trinajstić information content (AvgIpc) is 2.32. The van der Waals surface area contributed by atoms with Crippen LogP contribution in [-0.4, -0.2) is 22.0 Å². The van der Waals surface area contributed by atoms with Crippen LogP contribution in [0.25, 0.3) is 0 Å². The number of fused-ring (bicyclic) bond motifs is 2. The molecule has 1 nitrogen and oxygen atoms in total. The molecule has 1 aliphatic heterocycles. The summed E-state index contributed by atoms with van der Waals surface area (Å²) < 4.78 is 3.06. The van der Waals surface area contributed by atoms with Crippen LogP contribution < -0.4 is 13.8 Å². The van der Waals surface area contributed by atoms with Crippen LogP contribution in [0.2, 0.25) is 0 Å². The predicted octanol–water partition coefficient (Wildman–Crippen LogP) is 2.04. The summed E-state index contributed by atoms with van der Waals surface area (Å²) in [7, 11) is 2.17. The fourth-order valence-electron chi connectivity index (χ4n) is 2.30. The Bertz CT molecular complexity index is 538. The standard InChI is InChI=1S/C15H15NSe/c1-10-6-4-8-12-14(10)17-15-11(2)7-5-9-13(15)16(12)3/h4-9H,1-3H3. The number of nitrogens with zero attached hydrogens (tertiary/aromatic N) is 1. The SMILES string of the molecule is Cc1cccc2c1[Se]c1c(C)cccc1N2C. The van der Waals surface area contributed by atoms with Crippen LogP contribution >= 0.6 is 0 Å². The summed E-state index contributed by atoms with van der Waals surface area (Å²) in [6, 6.07) is 13.2. The number of hydrogen-bond donors (Lipinski definition) is 0. The molecule has 0 unspecified atom stereocenters. The van der Waals surface area contributed by atoms with Crippen molar-refractivity contribution in [2.75, 3.05) is 11.9 Å². The van der Waals surface area contributed by atoms with Crippen molar-refractivity contribution in [1.29, 1.82) is 0 Å². The third kappa shape index (κ3) is 1.60. The van der Waals surface area contributed by atoms with E-state index in [0.717, 1.165) is 0 Å². The van der Waals surface area contributed by atoms with Gasteiger partial charge in [-0.1, -0.05) is 0 Å². The molecule has 0 aliphatic carbocycles. The van der Waals surface area contributed by atoms with Gasteiger partial charge in [0.15, 0.2) is 0 Å². The van der Waals surface area contributed by atoms with Crippen LogP contribution in [0.3, 0.4) is 0 Å². The van der Waals surface area contributed by atoms with Gasteiger partial charge in [0, 0.05) is 0 Å². The normalized spacial score (nSPS) is 13.2. The van der Waals surface area contributed by atoms with Gasteiger partial charge in [-0.05, 0) is 0 Å². The van der Waals surface area contributed by atoms with E-state index in [1.165, 1.54) is 31.4 Å². The molecule has 0 fully saturated rings. The molecule has 1 heterocycles. The van der Waals surface area contributed by atoms with E-state index in [1.54, 1.807) is 0 Å².